The first-order valence-corrected chi connectivity index (χ1v) is 15.8. The molecule has 0 saturated heterocycles. The van der Waals surface area contributed by atoms with Crippen LogP contribution in [0.25, 0.3) is 32.7 Å². The first kappa shape index (κ1) is 27.6. The smallest absolute Gasteiger partial charge is 0.156 e. The predicted molar refractivity (Wildman–Crippen MR) is 197 cm³/mol. The van der Waals surface area contributed by atoms with Crippen LogP contribution in [0.1, 0.15) is 0 Å². The van der Waals surface area contributed by atoms with E-state index in [1.165, 1.54) is 55.4 Å². The summed E-state index contributed by atoms with van der Waals surface area (Å²) in [6.07, 6.45) is 0. The Bertz CT molecular complexity index is 2170. The summed E-state index contributed by atoms with van der Waals surface area (Å²) in [5, 5.41) is 8.39. The normalized spacial score (nSPS) is 11.5. The lowest BCUT2D eigenvalue weighted by atomic mass is 9.97. The van der Waals surface area contributed by atoms with Gasteiger partial charge in [-0.3, -0.25) is 0 Å². The first-order valence-electron chi connectivity index (χ1n) is 15.8. The van der Waals surface area contributed by atoms with E-state index >= 15 is 0 Å². The van der Waals surface area contributed by atoms with E-state index in [0.717, 1.165) is 11.4 Å². The Hall–Kier alpha value is -5.96. The van der Waals surface area contributed by atoms with Gasteiger partial charge in [-0.05, 0) is 70.4 Å². The van der Waals surface area contributed by atoms with Crippen molar-refractivity contribution in [2.45, 2.75) is 0 Å². The van der Waals surface area contributed by atoms with Crippen molar-refractivity contribution < 1.29 is 0 Å². The Morgan fingerprint density at radius 2 is 0.717 bits per heavy atom. The molecule has 46 heavy (non-hydrogen) atoms. The molecule has 0 unspecified atom stereocenters. The third kappa shape index (κ3) is 4.82. The second kappa shape index (κ2) is 11.9. The molecule has 0 aromatic heterocycles. The molecule has 0 amide bonds. The molecule has 8 aromatic rings. The molecular formula is C44H33N2+. The Morgan fingerprint density at radius 1 is 0.304 bits per heavy atom. The van der Waals surface area contributed by atoms with Gasteiger partial charge >= 0.3 is 0 Å². The van der Waals surface area contributed by atoms with Crippen molar-refractivity contribution >= 4 is 55.7 Å². The molecule has 2 heteroatoms. The van der Waals surface area contributed by atoms with Gasteiger partial charge in [-0.2, -0.15) is 4.48 Å². The molecule has 0 spiro atoms. The van der Waals surface area contributed by atoms with Crippen LogP contribution >= 0.6 is 0 Å². The minimum Gasteiger partial charge on any atom is -0.356 e. The molecule has 0 aliphatic carbocycles. The Kier molecular flexibility index (Phi) is 7.11. The largest absolute Gasteiger partial charge is 0.356 e. The van der Waals surface area contributed by atoms with Crippen molar-refractivity contribution in [2.75, 3.05) is 5.32 Å². The summed E-state index contributed by atoms with van der Waals surface area (Å²) >= 11 is 0. The van der Waals surface area contributed by atoms with Crippen molar-refractivity contribution in [3.05, 3.63) is 194 Å². The monoisotopic (exact) mass is 589 g/mol. The van der Waals surface area contributed by atoms with E-state index in [1.807, 2.05) is 18.2 Å². The van der Waals surface area contributed by atoms with Gasteiger partial charge in [0.05, 0.1) is 0 Å². The summed E-state index contributed by atoms with van der Waals surface area (Å²) in [5.41, 5.74) is 9.28. The number of nitrogens with zero attached hydrogens (tertiary/aromatic N) is 1. The fourth-order valence-electron chi connectivity index (χ4n) is 6.80. The van der Waals surface area contributed by atoms with Crippen molar-refractivity contribution in [3.63, 3.8) is 0 Å². The van der Waals surface area contributed by atoms with E-state index in [0.29, 0.717) is 4.48 Å². The van der Waals surface area contributed by atoms with Gasteiger partial charge in [0.15, 0.2) is 11.4 Å². The van der Waals surface area contributed by atoms with Gasteiger partial charge in [0.2, 0.25) is 0 Å². The van der Waals surface area contributed by atoms with E-state index in [2.05, 4.69) is 181 Å². The molecule has 0 saturated carbocycles. The number of anilines is 2. The molecule has 0 aliphatic heterocycles. The zero-order chi connectivity index (χ0) is 30.8. The molecule has 0 atom stereocenters. The minimum atomic E-state index is 0.448. The molecule has 0 radical (unpaired) electrons. The maximum atomic E-state index is 3.49. The number of fused-ring (bicyclic) bond motifs is 2. The predicted octanol–water partition coefficient (Wildman–Crippen LogP) is 12.7. The second-order valence-electron chi connectivity index (χ2n) is 11.6. The third-order valence-corrected chi connectivity index (χ3v) is 8.93. The summed E-state index contributed by atoms with van der Waals surface area (Å²) in [5.74, 6) is 0. The zero-order valence-corrected chi connectivity index (χ0v) is 25.4. The summed E-state index contributed by atoms with van der Waals surface area (Å²) < 4.78 is 0.448. The highest BCUT2D eigenvalue weighted by atomic mass is 15.4. The molecule has 218 valence electrons. The van der Waals surface area contributed by atoms with E-state index in [4.69, 9.17) is 0 Å². The molecule has 2 nitrogen and oxygen atoms in total. The average Bonchev–Trinajstić information content (AvgIpc) is 3.14. The molecule has 8 rings (SSSR count). The fourth-order valence-corrected chi connectivity index (χ4v) is 6.80. The van der Waals surface area contributed by atoms with Crippen LogP contribution in [-0.4, -0.2) is 0 Å². The molecule has 1 N–H and O–H groups in total. The number of benzene rings is 8. The number of para-hydroxylation sites is 2. The molecule has 8 aromatic carbocycles. The number of quaternary nitrogens is 1. The third-order valence-electron chi connectivity index (χ3n) is 8.93. The van der Waals surface area contributed by atoms with Crippen LogP contribution in [0.15, 0.2) is 194 Å². The van der Waals surface area contributed by atoms with Gasteiger partial charge in [0, 0.05) is 58.5 Å². The molecule has 0 bridgehead atoms. The van der Waals surface area contributed by atoms with Crippen LogP contribution in [-0.2, 0) is 0 Å². The van der Waals surface area contributed by atoms with Gasteiger partial charge in [0.25, 0.3) is 0 Å². The lowest BCUT2D eigenvalue weighted by Crippen LogP contribution is -2.33. The van der Waals surface area contributed by atoms with Crippen LogP contribution in [0, 0.1) is 0 Å². The van der Waals surface area contributed by atoms with Crippen molar-refractivity contribution in [2.24, 2.45) is 0 Å². The maximum absolute atomic E-state index is 3.49. The summed E-state index contributed by atoms with van der Waals surface area (Å²) in [6.45, 7) is 0. The lowest BCUT2D eigenvalue weighted by Gasteiger charge is -2.38. The Balaban J connectivity index is 1.33. The molecule has 0 fully saturated rings. The Labute approximate surface area is 270 Å². The quantitative estimate of drug-likeness (QED) is 0.182. The van der Waals surface area contributed by atoms with Gasteiger partial charge in [-0.1, -0.05) is 109 Å². The highest BCUT2D eigenvalue weighted by Gasteiger charge is 2.41. The van der Waals surface area contributed by atoms with Gasteiger partial charge in [0.1, 0.15) is 11.4 Å². The highest BCUT2D eigenvalue weighted by molar-refractivity contribution is 6.05. The van der Waals surface area contributed by atoms with E-state index in [-0.39, 0.29) is 0 Å². The van der Waals surface area contributed by atoms with Gasteiger partial charge in [-0.25, -0.2) is 0 Å². The number of rotatable bonds is 7. The molecule has 0 aliphatic rings. The van der Waals surface area contributed by atoms with Crippen LogP contribution in [0.5, 0.6) is 0 Å². The first-order chi connectivity index (χ1) is 22.8. The van der Waals surface area contributed by atoms with Crippen LogP contribution < -0.4 is 9.80 Å². The van der Waals surface area contributed by atoms with Crippen molar-refractivity contribution in [1.82, 2.24) is 4.48 Å². The number of hydrogen-bond acceptors (Lipinski definition) is 1. The van der Waals surface area contributed by atoms with Crippen molar-refractivity contribution in [1.29, 1.82) is 0 Å². The summed E-state index contributed by atoms with van der Waals surface area (Å²) in [7, 11) is 0. The lowest BCUT2D eigenvalue weighted by molar-refractivity contribution is 0.715. The van der Waals surface area contributed by atoms with E-state index < -0.39 is 0 Å². The zero-order valence-electron chi connectivity index (χ0n) is 25.4. The van der Waals surface area contributed by atoms with Crippen LogP contribution in [0.3, 0.4) is 0 Å². The van der Waals surface area contributed by atoms with Gasteiger partial charge in [-0.15, -0.1) is 0 Å². The minimum absolute atomic E-state index is 0.448. The topological polar surface area (TPSA) is 12.0 Å². The van der Waals surface area contributed by atoms with E-state index in [9.17, 15) is 0 Å². The van der Waals surface area contributed by atoms with Gasteiger partial charge < -0.3 is 5.32 Å². The van der Waals surface area contributed by atoms with E-state index in [1.54, 1.807) is 0 Å². The molecule has 0 heterocycles. The molecular weight excluding hydrogens is 556 g/mol. The number of nitrogens with one attached hydrogen (secondary N) is 1. The SMILES string of the molecule is c1ccc(Nc2ccc(-c3ccc([N+](c4ccccc4)(c4cccc5ccccc45)c4cccc5ccccc45)cc3)cc2)cc1. The second-order valence-corrected chi connectivity index (χ2v) is 11.6. The van der Waals surface area contributed by atoms with Crippen molar-refractivity contribution in [3.8, 4) is 11.1 Å². The summed E-state index contributed by atoms with van der Waals surface area (Å²) in [6, 6.07) is 69.9. The van der Waals surface area contributed by atoms with Crippen LogP contribution in [0.2, 0.25) is 0 Å². The fraction of sp³-hybridized carbons (Fsp3) is 0. The Morgan fingerprint density at radius 3 is 1.28 bits per heavy atom. The average molecular weight is 590 g/mol. The highest BCUT2D eigenvalue weighted by Crippen LogP contribution is 2.55. The van der Waals surface area contributed by atoms with Crippen LogP contribution in [0.4, 0.5) is 34.1 Å². The summed E-state index contributed by atoms with van der Waals surface area (Å²) in [4.78, 5) is 0. The number of hydrogen-bond donors (Lipinski definition) is 1. The maximum Gasteiger partial charge on any atom is 0.156 e. The standard InChI is InChI=1S/C44H33N2/c1-3-17-37(18-4-1)45-38-29-25-33(26-30-38)34-27-31-40(32-28-34)46(39-19-5-2-6-20-39,43-23-11-15-35-13-7-9-21-41(35)43)44-24-12-16-36-14-8-10-22-42(36)44/h1-32,45H/q+1.